The summed E-state index contributed by atoms with van der Waals surface area (Å²) in [5.74, 6) is 0.251. The Bertz CT molecular complexity index is 763. The molecule has 1 N–H and O–H groups in total. The van der Waals surface area contributed by atoms with Gasteiger partial charge < -0.3 is 5.32 Å². The first-order valence-electron chi connectivity index (χ1n) is 9.81. The van der Waals surface area contributed by atoms with Crippen LogP contribution in [0.15, 0.2) is 18.2 Å². The molecule has 5 nitrogen and oxygen atoms in total. The number of carbonyl (C=O) groups excluding carboxylic acids is 3. The lowest BCUT2D eigenvalue weighted by Crippen LogP contribution is -2.49. The third kappa shape index (κ3) is 2.83. The Morgan fingerprint density at radius 1 is 1.19 bits per heavy atom. The highest BCUT2D eigenvalue weighted by molar-refractivity contribution is 6.11. The van der Waals surface area contributed by atoms with Crippen molar-refractivity contribution in [2.24, 2.45) is 5.92 Å². The second kappa shape index (κ2) is 6.53. The second-order valence-corrected chi connectivity index (χ2v) is 8.02. The van der Waals surface area contributed by atoms with Crippen molar-refractivity contribution in [1.29, 1.82) is 0 Å². The van der Waals surface area contributed by atoms with Crippen LogP contribution in [0, 0.1) is 5.92 Å². The minimum absolute atomic E-state index is 0.164. The third-order valence-corrected chi connectivity index (χ3v) is 6.50. The van der Waals surface area contributed by atoms with Crippen LogP contribution in [0.25, 0.3) is 0 Å². The first-order chi connectivity index (χ1) is 12.5. The summed E-state index contributed by atoms with van der Waals surface area (Å²) in [6.07, 6.45) is 7.57. The predicted molar refractivity (Wildman–Crippen MR) is 98.0 cm³/mol. The Kier molecular flexibility index (Phi) is 4.33. The van der Waals surface area contributed by atoms with Gasteiger partial charge in [-0.1, -0.05) is 25.5 Å². The zero-order valence-corrected chi connectivity index (χ0v) is 15.3. The van der Waals surface area contributed by atoms with E-state index in [2.05, 4.69) is 12.2 Å². The summed E-state index contributed by atoms with van der Waals surface area (Å²) >= 11 is 0. The van der Waals surface area contributed by atoms with Gasteiger partial charge in [-0.2, -0.15) is 0 Å². The van der Waals surface area contributed by atoms with E-state index < -0.39 is 11.6 Å². The monoisotopic (exact) mass is 354 g/mol. The molecule has 26 heavy (non-hydrogen) atoms. The molecule has 1 saturated heterocycles. The first-order valence-corrected chi connectivity index (χ1v) is 9.81. The zero-order valence-electron chi connectivity index (χ0n) is 15.3. The summed E-state index contributed by atoms with van der Waals surface area (Å²) in [7, 11) is 0. The maximum absolute atomic E-state index is 12.9. The number of ketones is 1. The number of aryl methyl sites for hydroxylation is 2. The van der Waals surface area contributed by atoms with Gasteiger partial charge in [0.1, 0.15) is 5.54 Å². The molecule has 138 valence electrons. The number of carbonyl (C=O) groups is 3. The molecular weight excluding hydrogens is 328 g/mol. The minimum Gasteiger partial charge on any atom is -0.323 e. The first kappa shape index (κ1) is 17.3. The number of rotatable bonds is 4. The van der Waals surface area contributed by atoms with E-state index in [0.717, 1.165) is 43.4 Å². The van der Waals surface area contributed by atoms with Crippen molar-refractivity contribution in [2.75, 3.05) is 6.54 Å². The number of imide groups is 1. The van der Waals surface area contributed by atoms with Gasteiger partial charge >= 0.3 is 6.03 Å². The van der Waals surface area contributed by atoms with Gasteiger partial charge in [0, 0.05) is 5.56 Å². The number of hydrogen-bond acceptors (Lipinski definition) is 3. The molecule has 1 spiro atoms. The number of Topliss-reactive ketones (excluding diaryl/α,β-unsaturated/α-hetero) is 1. The summed E-state index contributed by atoms with van der Waals surface area (Å²) in [6, 6.07) is 5.35. The quantitative estimate of drug-likeness (QED) is 0.667. The van der Waals surface area contributed by atoms with Crippen LogP contribution in [0.2, 0.25) is 0 Å². The summed E-state index contributed by atoms with van der Waals surface area (Å²) < 4.78 is 0. The molecule has 1 saturated carbocycles. The summed E-state index contributed by atoms with van der Waals surface area (Å²) in [6.45, 7) is 2.00. The molecule has 0 aromatic heterocycles. The second-order valence-electron chi connectivity index (χ2n) is 8.02. The zero-order chi connectivity index (χ0) is 18.3. The van der Waals surface area contributed by atoms with E-state index in [0.29, 0.717) is 24.3 Å². The Morgan fingerprint density at radius 2 is 1.92 bits per heavy atom. The summed E-state index contributed by atoms with van der Waals surface area (Å²) in [5.41, 5.74) is 2.36. The molecule has 2 fully saturated rings. The van der Waals surface area contributed by atoms with E-state index in [1.165, 1.54) is 11.1 Å². The molecule has 1 aromatic rings. The molecule has 1 heterocycles. The SMILES string of the molecule is CCC1CCC2(CC1)NC(=O)N(CC(=O)c1ccc3c(c1)CCC3)C2=O. The lowest BCUT2D eigenvalue weighted by Gasteiger charge is -2.34. The lowest BCUT2D eigenvalue weighted by atomic mass is 9.75. The van der Waals surface area contributed by atoms with Crippen LogP contribution < -0.4 is 5.32 Å². The molecule has 1 aromatic carbocycles. The largest absolute Gasteiger partial charge is 0.325 e. The molecule has 0 radical (unpaired) electrons. The number of hydrogen-bond donors (Lipinski definition) is 1. The van der Waals surface area contributed by atoms with E-state index in [4.69, 9.17) is 0 Å². The maximum Gasteiger partial charge on any atom is 0.325 e. The smallest absolute Gasteiger partial charge is 0.323 e. The van der Waals surface area contributed by atoms with Crippen LogP contribution >= 0.6 is 0 Å². The standard InChI is InChI=1S/C21H26N2O3/c1-2-14-8-10-21(11-9-14)19(25)23(20(26)22-21)13-18(24)17-7-6-15-4-3-5-16(15)12-17/h6-7,12,14H,2-5,8-11,13H2,1H3,(H,22,26). The van der Waals surface area contributed by atoms with Crippen molar-refractivity contribution in [3.05, 3.63) is 34.9 Å². The Morgan fingerprint density at radius 3 is 2.65 bits per heavy atom. The fraction of sp³-hybridized carbons (Fsp3) is 0.571. The van der Waals surface area contributed by atoms with E-state index >= 15 is 0 Å². The molecule has 0 bridgehead atoms. The van der Waals surface area contributed by atoms with Crippen LogP contribution in [-0.2, 0) is 17.6 Å². The van der Waals surface area contributed by atoms with Gasteiger partial charge in [0.05, 0.1) is 6.54 Å². The summed E-state index contributed by atoms with van der Waals surface area (Å²) in [4.78, 5) is 39.2. The van der Waals surface area contributed by atoms with E-state index in [-0.39, 0.29) is 18.2 Å². The van der Waals surface area contributed by atoms with E-state index in [9.17, 15) is 14.4 Å². The Hall–Kier alpha value is -2.17. The van der Waals surface area contributed by atoms with Crippen molar-refractivity contribution in [1.82, 2.24) is 10.2 Å². The van der Waals surface area contributed by atoms with Crippen LogP contribution in [0.4, 0.5) is 4.79 Å². The van der Waals surface area contributed by atoms with E-state index in [1.54, 1.807) is 0 Å². The number of nitrogens with one attached hydrogen (secondary N) is 1. The predicted octanol–water partition coefficient (Wildman–Crippen LogP) is 3.25. The van der Waals surface area contributed by atoms with Crippen molar-refractivity contribution in [3.63, 3.8) is 0 Å². The number of benzene rings is 1. The fourth-order valence-corrected chi connectivity index (χ4v) is 4.72. The third-order valence-electron chi connectivity index (χ3n) is 6.50. The van der Waals surface area contributed by atoms with Crippen molar-refractivity contribution in [3.8, 4) is 0 Å². The van der Waals surface area contributed by atoms with Crippen LogP contribution in [0.5, 0.6) is 0 Å². The van der Waals surface area contributed by atoms with Crippen molar-refractivity contribution < 1.29 is 14.4 Å². The van der Waals surface area contributed by atoms with Gasteiger partial charge in [0.2, 0.25) is 0 Å². The number of amides is 3. The Balaban J connectivity index is 1.47. The highest BCUT2D eigenvalue weighted by Gasteiger charge is 2.52. The fourth-order valence-electron chi connectivity index (χ4n) is 4.72. The van der Waals surface area contributed by atoms with Gasteiger partial charge in [-0.3, -0.25) is 14.5 Å². The highest BCUT2D eigenvalue weighted by Crippen LogP contribution is 2.37. The molecule has 5 heteroatoms. The van der Waals surface area contributed by atoms with Crippen molar-refractivity contribution >= 4 is 17.7 Å². The molecule has 1 aliphatic heterocycles. The lowest BCUT2D eigenvalue weighted by molar-refractivity contribution is -0.132. The topological polar surface area (TPSA) is 66.5 Å². The van der Waals surface area contributed by atoms with Gasteiger partial charge in [0.15, 0.2) is 5.78 Å². The maximum atomic E-state index is 12.9. The number of fused-ring (bicyclic) bond motifs is 1. The van der Waals surface area contributed by atoms with Gasteiger partial charge in [-0.25, -0.2) is 4.79 Å². The number of urea groups is 1. The molecule has 3 aliphatic rings. The molecule has 2 aliphatic carbocycles. The molecule has 3 amide bonds. The van der Waals surface area contributed by atoms with Crippen LogP contribution in [-0.4, -0.2) is 34.7 Å². The highest BCUT2D eigenvalue weighted by atomic mass is 16.2. The van der Waals surface area contributed by atoms with Crippen LogP contribution in [0.1, 0.15) is 66.9 Å². The molecular formula is C21H26N2O3. The average Bonchev–Trinajstić information content (AvgIpc) is 3.20. The van der Waals surface area contributed by atoms with Gasteiger partial charge in [-0.15, -0.1) is 0 Å². The Labute approximate surface area is 154 Å². The molecule has 4 rings (SSSR count). The van der Waals surface area contributed by atoms with Gasteiger partial charge in [0.25, 0.3) is 5.91 Å². The average molecular weight is 354 g/mol. The summed E-state index contributed by atoms with van der Waals surface area (Å²) in [5, 5.41) is 2.90. The van der Waals surface area contributed by atoms with E-state index in [1.807, 2.05) is 18.2 Å². The number of nitrogens with zero attached hydrogens (tertiary/aromatic N) is 1. The minimum atomic E-state index is -0.777. The normalized spacial score (nSPS) is 27.7. The van der Waals surface area contributed by atoms with Gasteiger partial charge in [-0.05, 0) is 68.1 Å². The molecule has 0 atom stereocenters. The van der Waals surface area contributed by atoms with Crippen molar-refractivity contribution in [2.45, 2.75) is 63.8 Å². The van der Waals surface area contributed by atoms with Crippen LogP contribution in [0.3, 0.4) is 0 Å². The molecule has 0 unspecified atom stereocenters.